The van der Waals surface area contributed by atoms with Gasteiger partial charge in [-0.15, -0.1) is 11.3 Å². The number of thiophene rings is 1. The summed E-state index contributed by atoms with van der Waals surface area (Å²) in [6, 6.07) is 1.92. The van der Waals surface area contributed by atoms with E-state index in [1.165, 1.54) is 15.6 Å². The molecule has 2 aromatic rings. The Morgan fingerprint density at radius 1 is 1.20 bits per heavy atom. The number of aromatic nitrogens is 1. The lowest BCUT2D eigenvalue weighted by Gasteiger charge is -2.21. The Morgan fingerprint density at radius 2 is 1.96 bits per heavy atom. The monoisotopic (exact) mass is 383 g/mol. The van der Waals surface area contributed by atoms with E-state index in [9.17, 15) is 13.2 Å². The van der Waals surface area contributed by atoms with Crippen molar-refractivity contribution in [2.75, 3.05) is 26.2 Å². The van der Waals surface area contributed by atoms with Crippen molar-refractivity contribution in [1.29, 1.82) is 0 Å². The zero-order valence-electron chi connectivity index (χ0n) is 14.5. The molecule has 1 saturated heterocycles. The maximum Gasteiger partial charge on any atom is 0.264 e. The zero-order chi connectivity index (χ0) is 18.2. The maximum absolute atomic E-state index is 12.9. The van der Waals surface area contributed by atoms with Crippen LogP contribution in [0.4, 0.5) is 0 Å². The van der Waals surface area contributed by atoms with E-state index in [2.05, 4.69) is 5.16 Å². The fraction of sp³-hybridized carbons (Fsp3) is 0.500. The Kier molecular flexibility index (Phi) is 4.99. The Hall–Kier alpha value is -1.71. The van der Waals surface area contributed by atoms with Crippen LogP contribution in [0.1, 0.15) is 33.1 Å². The van der Waals surface area contributed by atoms with Gasteiger partial charge in [-0.2, -0.15) is 4.31 Å². The summed E-state index contributed by atoms with van der Waals surface area (Å²) in [6.07, 6.45) is 0.596. The van der Waals surface area contributed by atoms with Crippen LogP contribution >= 0.6 is 11.3 Å². The summed E-state index contributed by atoms with van der Waals surface area (Å²) in [6.45, 7) is 6.69. The number of rotatable bonds is 3. The fourth-order valence-electron chi connectivity index (χ4n) is 3.04. The van der Waals surface area contributed by atoms with Gasteiger partial charge in [0.05, 0.1) is 4.88 Å². The third-order valence-electron chi connectivity index (χ3n) is 4.36. The largest absolute Gasteiger partial charge is 0.360 e. The molecule has 25 heavy (non-hydrogen) atoms. The van der Waals surface area contributed by atoms with E-state index in [4.69, 9.17) is 4.52 Å². The van der Waals surface area contributed by atoms with Crippen LogP contribution in [0.2, 0.25) is 0 Å². The molecule has 0 aromatic carbocycles. The number of hydrogen-bond donors (Lipinski definition) is 0. The van der Waals surface area contributed by atoms with E-state index in [1.807, 2.05) is 18.4 Å². The summed E-state index contributed by atoms with van der Waals surface area (Å²) < 4.78 is 32.3. The smallest absolute Gasteiger partial charge is 0.264 e. The summed E-state index contributed by atoms with van der Waals surface area (Å²) in [5.74, 6) is 0.271. The second-order valence-corrected chi connectivity index (χ2v) is 8.93. The second kappa shape index (κ2) is 6.89. The van der Waals surface area contributed by atoms with Gasteiger partial charge in [0.25, 0.3) is 5.91 Å². The molecule has 0 unspecified atom stereocenters. The zero-order valence-corrected chi connectivity index (χ0v) is 16.1. The van der Waals surface area contributed by atoms with Gasteiger partial charge in [0.2, 0.25) is 10.0 Å². The van der Waals surface area contributed by atoms with Crippen molar-refractivity contribution >= 4 is 27.3 Å². The van der Waals surface area contributed by atoms with Gasteiger partial charge >= 0.3 is 0 Å². The lowest BCUT2D eigenvalue weighted by atomic mass is 10.2. The minimum atomic E-state index is -3.67. The molecule has 136 valence electrons. The molecule has 1 aliphatic heterocycles. The average Bonchev–Trinajstić information content (AvgIpc) is 3.02. The van der Waals surface area contributed by atoms with Crippen LogP contribution in [0, 0.1) is 20.8 Å². The standard InChI is InChI=1S/C16H21N3O4S2/c1-11-5-10-24-14(11)16(20)18-6-4-7-19(9-8-18)25(21,22)15-12(2)17-23-13(15)3/h5,10H,4,6-9H2,1-3H3. The number of amides is 1. The summed E-state index contributed by atoms with van der Waals surface area (Å²) >= 11 is 1.42. The summed E-state index contributed by atoms with van der Waals surface area (Å²) in [5, 5.41) is 5.64. The Balaban J connectivity index is 1.78. The molecule has 1 aliphatic rings. The van der Waals surface area contributed by atoms with Gasteiger partial charge in [-0.1, -0.05) is 5.16 Å². The summed E-state index contributed by atoms with van der Waals surface area (Å²) in [7, 11) is -3.67. The summed E-state index contributed by atoms with van der Waals surface area (Å²) in [5.41, 5.74) is 1.32. The number of carbonyl (C=O) groups is 1. The van der Waals surface area contributed by atoms with Gasteiger partial charge in [-0.25, -0.2) is 8.42 Å². The molecular formula is C16H21N3O4S2. The number of carbonyl (C=O) groups excluding carboxylic acids is 1. The van der Waals surface area contributed by atoms with Gasteiger partial charge < -0.3 is 9.42 Å². The molecule has 1 fully saturated rings. The van der Waals surface area contributed by atoms with Crippen molar-refractivity contribution in [3.05, 3.63) is 33.3 Å². The minimum Gasteiger partial charge on any atom is -0.360 e. The molecule has 0 aliphatic carbocycles. The molecule has 0 spiro atoms. The van der Waals surface area contributed by atoms with Gasteiger partial charge in [0.15, 0.2) is 5.76 Å². The van der Waals surface area contributed by atoms with Crippen LogP contribution in [0.5, 0.6) is 0 Å². The highest BCUT2D eigenvalue weighted by atomic mass is 32.2. The third kappa shape index (κ3) is 3.36. The number of sulfonamides is 1. The van der Waals surface area contributed by atoms with Crippen LogP contribution in [-0.4, -0.2) is 54.9 Å². The van der Waals surface area contributed by atoms with Gasteiger partial charge in [0, 0.05) is 26.2 Å². The molecule has 0 radical (unpaired) electrons. The normalized spacial score (nSPS) is 16.8. The highest BCUT2D eigenvalue weighted by molar-refractivity contribution is 7.89. The number of aryl methyl sites for hydroxylation is 3. The molecular weight excluding hydrogens is 362 g/mol. The van der Waals surface area contributed by atoms with E-state index in [0.717, 1.165) is 10.4 Å². The molecule has 0 N–H and O–H groups in total. The highest BCUT2D eigenvalue weighted by Gasteiger charge is 2.33. The molecule has 0 saturated carbocycles. The van der Waals surface area contributed by atoms with Gasteiger partial charge in [-0.05, 0) is 44.2 Å². The highest BCUT2D eigenvalue weighted by Crippen LogP contribution is 2.25. The first-order valence-corrected chi connectivity index (χ1v) is 10.4. The second-order valence-electron chi connectivity index (χ2n) is 6.14. The summed E-state index contributed by atoms with van der Waals surface area (Å²) in [4.78, 5) is 15.3. The predicted molar refractivity (Wildman–Crippen MR) is 94.3 cm³/mol. The van der Waals surface area contributed by atoms with E-state index in [-0.39, 0.29) is 17.3 Å². The topological polar surface area (TPSA) is 83.7 Å². The molecule has 3 heterocycles. The van der Waals surface area contributed by atoms with Crippen molar-refractivity contribution in [2.45, 2.75) is 32.1 Å². The first kappa shape index (κ1) is 18.1. The van der Waals surface area contributed by atoms with Gasteiger partial charge in [0.1, 0.15) is 10.6 Å². The average molecular weight is 383 g/mol. The van der Waals surface area contributed by atoms with Gasteiger partial charge in [-0.3, -0.25) is 4.79 Å². The van der Waals surface area contributed by atoms with Crippen molar-refractivity contribution in [1.82, 2.24) is 14.4 Å². The lowest BCUT2D eigenvalue weighted by Crippen LogP contribution is -2.37. The SMILES string of the molecule is Cc1ccsc1C(=O)N1CCCN(S(=O)(=O)c2c(C)noc2C)CC1. The fourth-order valence-corrected chi connectivity index (χ4v) is 5.70. The Labute approximate surface area is 151 Å². The van der Waals surface area contributed by atoms with E-state index >= 15 is 0 Å². The molecule has 0 bridgehead atoms. The molecule has 1 amide bonds. The lowest BCUT2D eigenvalue weighted by molar-refractivity contribution is 0.0768. The van der Waals surface area contributed by atoms with Crippen LogP contribution < -0.4 is 0 Å². The van der Waals surface area contributed by atoms with Crippen molar-refractivity contribution in [2.24, 2.45) is 0 Å². The van der Waals surface area contributed by atoms with Crippen molar-refractivity contribution < 1.29 is 17.7 Å². The van der Waals surface area contributed by atoms with E-state index in [0.29, 0.717) is 37.5 Å². The number of nitrogens with zero attached hydrogens (tertiary/aromatic N) is 3. The molecule has 9 heteroatoms. The molecule has 7 nitrogen and oxygen atoms in total. The first-order valence-electron chi connectivity index (χ1n) is 8.08. The molecule has 2 aromatic heterocycles. The van der Waals surface area contributed by atoms with E-state index in [1.54, 1.807) is 18.7 Å². The van der Waals surface area contributed by atoms with Crippen LogP contribution in [0.25, 0.3) is 0 Å². The third-order valence-corrected chi connectivity index (χ3v) is 7.51. The van der Waals surface area contributed by atoms with Crippen LogP contribution in [0.15, 0.2) is 20.9 Å². The van der Waals surface area contributed by atoms with Crippen LogP contribution in [-0.2, 0) is 10.0 Å². The molecule has 0 atom stereocenters. The number of hydrogen-bond acceptors (Lipinski definition) is 6. The predicted octanol–water partition coefficient (Wildman–Crippen LogP) is 2.20. The maximum atomic E-state index is 12.9. The van der Waals surface area contributed by atoms with Crippen molar-refractivity contribution in [3.63, 3.8) is 0 Å². The Morgan fingerprint density at radius 3 is 2.56 bits per heavy atom. The Bertz CT molecular complexity index is 866. The minimum absolute atomic E-state index is 0.0240. The van der Waals surface area contributed by atoms with Crippen LogP contribution in [0.3, 0.4) is 0 Å². The first-order chi connectivity index (χ1) is 11.8. The van der Waals surface area contributed by atoms with E-state index < -0.39 is 10.0 Å². The quantitative estimate of drug-likeness (QED) is 0.811. The molecule has 3 rings (SSSR count). The van der Waals surface area contributed by atoms with Crippen molar-refractivity contribution in [3.8, 4) is 0 Å².